The molecule has 3 heterocycles. The second-order valence-electron chi connectivity index (χ2n) is 5.85. The van der Waals surface area contributed by atoms with Crippen LogP contribution in [0, 0.1) is 0 Å². The van der Waals surface area contributed by atoms with Gasteiger partial charge in [-0.25, -0.2) is 4.98 Å². The molecular weight excluding hydrogens is 400 g/mol. The third-order valence-electron chi connectivity index (χ3n) is 4.04. The number of rotatable bonds is 8. The summed E-state index contributed by atoms with van der Waals surface area (Å²) in [5, 5.41) is 3.11. The Morgan fingerprint density at radius 2 is 2.04 bits per heavy atom. The third kappa shape index (κ3) is 4.25. The molecule has 0 spiro atoms. The van der Waals surface area contributed by atoms with Crippen LogP contribution in [0.1, 0.15) is 5.56 Å². The molecule has 1 aliphatic heterocycles. The van der Waals surface area contributed by atoms with E-state index in [9.17, 15) is 9.59 Å². The molecule has 28 heavy (non-hydrogen) atoms. The number of amides is 1. The first-order valence-electron chi connectivity index (χ1n) is 8.55. The van der Waals surface area contributed by atoms with Gasteiger partial charge >= 0.3 is 0 Å². The standard InChI is InChI=1S/C18H20N4O4S2/c1-25-9-6-19-15-12(16(23)21-7-4-3-5-14(21)20-15)11-13-17(24)22(8-10-26-2)18(27)28-13/h3-5,7,11,19H,6,8-10H2,1-2H3. The van der Waals surface area contributed by atoms with Crippen LogP contribution in [-0.2, 0) is 14.3 Å². The van der Waals surface area contributed by atoms with Gasteiger partial charge in [-0.05, 0) is 18.2 Å². The first-order chi connectivity index (χ1) is 13.6. The molecule has 1 saturated heterocycles. The van der Waals surface area contributed by atoms with Crippen molar-refractivity contribution in [2.75, 3.05) is 45.8 Å². The number of hydrogen-bond donors (Lipinski definition) is 1. The van der Waals surface area contributed by atoms with Crippen LogP contribution < -0.4 is 10.9 Å². The Bertz CT molecular complexity index is 989. The zero-order valence-corrected chi connectivity index (χ0v) is 17.1. The molecule has 148 valence electrons. The highest BCUT2D eigenvalue weighted by molar-refractivity contribution is 8.26. The summed E-state index contributed by atoms with van der Waals surface area (Å²) in [6.45, 7) is 1.67. The van der Waals surface area contributed by atoms with Gasteiger partial charge in [0.05, 0.1) is 30.2 Å². The molecule has 1 amide bonds. The van der Waals surface area contributed by atoms with E-state index >= 15 is 0 Å². The van der Waals surface area contributed by atoms with E-state index in [1.54, 1.807) is 44.7 Å². The summed E-state index contributed by atoms with van der Waals surface area (Å²) in [5.74, 6) is 0.155. The Morgan fingerprint density at radius 1 is 1.25 bits per heavy atom. The van der Waals surface area contributed by atoms with Crippen molar-refractivity contribution in [3.8, 4) is 0 Å². The lowest BCUT2D eigenvalue weighted by Gasteiger charge is -2.13. The van der Waals surface area contributed by atoms with Crippen LogP contribution in [0.25, 0.3) is 11.7 Å². The van der Waals surface area contributed by atoms with Gasteiger partial charge in [-0.15, -0.1) is 0 Å². The molecule has 10 heteroatoms. The summed E-state index contributed by atoms with van der Waals surface area (Å²) in [6.07, 6.45) is 3.20. The van der Waals surface area contributed by atoms with Crippen LogP contribution in [0.3, 0.4) is 0 Å². The number of ether oxygens (including phenoxy) is 2. The fourth-order valence-electron chi connectivity index (χ4n) is 2.65. The lowest BCUT2D eigenvalue weighted by molar-refractivity contribution is -0.122. The summed E-state index contributed by atoms with van der Waals surface area (Å²) in [7, 11) is 3.16. The fraction of sp³-hybridized carbons (Fsp3) is 0.333. The second kappa shape index (κ2) is 9.28. The van der Waals surface area contributed by atoms with Crippen molar-refractivity contribution in [1.82, 2.24) is 14.3 Å². The van der Waals surface area contributed by atoms with E-state index in [4.69, 9.17) is 21.7 Å². The van der Waals surface area contributed by atoms with Gasteiger partial charge in [0.15, 0.2) is 0 Å². The van der Waals surface area contributed by atoms with Crippen molar-refractivity contribution < 1.29 is 14.3 Å². The quantitative estimate of drug-likeness (QED) is 0.392. The average Bonchev–Trinajstić information content (AvgIpc) is 2.96. The number of aromatic nitrogens is 2. The molecule has 0 radical (unpaired) electrons. The smallest absolute Gasteiger partial charge is 0.267 e. The zero-order valence-electron chi connectivity index (χ0n) is 15.5. The van der Waals surface area contributed by atoms with Gasteiger partial charge in [-0.2, -0.15) is 0 Å². The number of pyridine rings is 1. The molecule has 0 aliphatic carbocycles. The number of carbonyl (C=O) groups is 1. The predicted octanol–water partition coefficient (Wildman–Crippen LogP) is 1.60. The van der Waals surface area contributed by atoms with E-state index < -0.39 is 0 Å². The molecule has 0 atom stereocenters. The highest BCUT2D eigenvalue weighted by atomic mass is 32.2. The first kappa shape index (κ1) is 20.5. The summed E-state index contributed by atoms with van der Waals surface area (Å²) >= 11 is 6.46. The van der Waals surface area contributed by atoms with Crippen molar-refractivity contribution >= 4 is 51.7 Å². The minimum absolute atomic E-state index is 0.243. The summed E-state index contributed by atoms with van der Waals surface area (Å²) in [6, 6.07) is 5.31. The number of nitrogens with one attached hydrogen (secondary N) is 1. The average molecular weight is 421 g/mol. The highest BCUT2D eigenvalue weighted by Gasteiger charge is 2.32. The second-order valence-corrected chi connectivity index (χ2v) is 7.53. The van der Waals surface area contributed by atoms with Crippen LogP contribution in [0.15, 0.2) is 34.1 Å². The number of hydrogen-bond acceptors (Lipinski definition) is 8. The monoisotopic (exact) mass is 420 g/mol. The van der Waals surface area contributed by atoms with Gasteiger partial charge < -0.3 is 14.8 Å². The minimum atomic E-state index is -0.271. The number of methoxy groups -OCH3 is 2. The number of fused-ring (bicyclic) bond motifs is 1. The number of carbonyl (C=O) groups excluding carboxylic acids is 1. The van der Waals surface area contributed by atoms with Crippen LogP contribution in [0.5, 0.6) is 0 Å². The summed E-state index contributed by atoms with van der Waals surface area (Å²) in [5.41, 5.74) is 0.539. The molecule has 1 fully saturated rings. The van der Waals surface area contributed by atoms with Gasteiger partial charge in [0.25, 0.3) is 11.5 Å². The Hall–Kier alpha value is -2.27. The van der Waals surface area contributed by atoms with Crippen LogP contribution in [0.2, 0.25) is 0 Å². The Morgan fingerprint density at radius 3 is 2.79 bits per heavy atom. The molecule has 0 bridgehead atoms. The van der Waals surface area contributed by atoms with Crippen molar-refractivity contribution in [2.24, 2.45) is 0 Å². The number of anilines is 1. The first-order valence-corrected chi connectivity index (χ1v) is 9.77. The maximum absolute atomic E-state index is 13.0. The minimum Gasteiger partial charge on any atom is -0.383 e. The summed E-state index contributed by atoms with van der Waals surface area (Å²) in [4.78, 5) is 32.1. The van der Waals surface area contributed by atoms with Gasteiger partial charge in [0, 0.05) is 27.0 Å². The molecule has 0 aromatic carbocycles. The number of thioether (sulfide) groups is 1. The van der Waals surface area contributed by atoms with E-state index in [0.717, 1.165) is 11.8 Å². The molecule has 2 aromatic heterocycles. The van der Waals surface area contributed by atoms with E-state index in [1.807, 2.05) is 0 Å². The SMILES string of the molecule is COCCNc1nc2ccccn2c(=O)c1C=C1SC(=S)N(CCOC)C1=O. The third-order valence-corrected chi connectivity index (χ3v) is 5.41. The van der Waals surface area contributed by atoms with E-state index in [1.165, 1.54) is 9.30 Å². The normalized spacial score (nSPS) is 15.8. The molecule has 2 aromatic rings. The predicted molar refractivity (Wildman–Crippen MR) is 114 cm³/mol. The van der Waals surface area contributed by atoms with E-state index in [2.05, 4.69) is 10.3 Å². The van der Waals surface area contributed by atoms with Crippen molar-refractivity contribution in [1.29, 1.82) is 0 Å². The molecule has 0 unspecified atom stereocenters. The topological polar surface area (TPSA) is 85.2 Å². The fourth-order valence-corrected chi connectivity index (χ4v) is 3.94. The maximum Gasteiger partial charge on any atom is 0.267 e. The molecule has 3 rings (SSSR count). The van der Waals surface area contributed by atoms with Gasteiger partial charge in [0.1, 0.15) is 15.8 Å². The van der Waals surface area contributed by atoms with Crippen molar-refractivity contribution in [2.45, 2.75) is 0 Å². The van der Waals surface area contributed by atoms with E-state index in [0.29, 0.717) is 52.6 Å². The Balaban J connectivity index is 2.03. The summed E-state index contributed by atoms with van der Waals surface area (Å²) < 4.78 is 12.0. The van der Waals surface area contributed by atoms with Crippen molar-refractivity contribution in [3.05, 3.63) is 45.2 Å². The Labute approximate surface area is 171 Å². The molecule has 1 aliphatic rings. The lowest BCUT2D eigenvalue weighted by Crippen LogP contribution is -2.31. The number of nitrogens with zero attached hydrogens (tertiary/aromatic N) is 3. The molecule has 0 saturated carbocycles. The van der Waals surface area contributed by atoms with Gasteiger partial charge in [-0.3, -0.25) is 18.9 Å². The molecule has 1 N–H and O–H groups in total. The largest absolute Gasteiger partial charge is 0.383 e. The zero-order chi connectivity index (χ0) is 20.1. The lowest BCUT2D eigenvalue weighted by atomic mass is 10.2. The van der Waals surface area contributed by atoms with Crippen LogP contribution in [-0.4, -0.2) is 65.0 Å². The van der Waals surface area contributed by atoms with Gasteiger partial charge in [0.2, 0.25) is 0 Å². The van der Waals surface area contributed by atoms with Crippen LogP contribution >= 0.6 is 24.0 Å². The Kier molecular flexibility index (Phi) is 6.79. The molecular formula is C18H20N4O4S2. The highest BCUT2D eigenvalue weighted by Crippen LogP contribution is 2.32. The van der Waals surface area contributed by atoms with Crippen molar-refractivity contribution in [3.63, 3.8) is 0 Å². The van der Waals surface area contributed by atoms with E-state index in [-0.39, 0.29) is 11.5 Å². The maximum atomic E-state index is 13.0. The van der Waals surface area contributed by atoms with Gasteiger partial charge in [-0.1, -0.05) is 30.0 Å². The molecule has 8 nitrogen and oxygen atoms in total. The number of thiocarbonyl (C=S) groups is 1. The van der Waals surface area contributed by atoms with Crippen LogP contribution in [0.4, 0.5) is 5.82 Å².